The highest BCUT2D eigenvalue weighted by molar-refractivity contribution is 5.80. The lowest BCUT2D eigenvalue weighted by molar-refractivity contribution is -0.137. The van der Waals surface area contributed by atoms with Crippen LogP contribution in [0.4, 0.5) is 4.79 Å². The number of carboxylic acid groups (broad SMARTS) is 1. The van der Waals surface area contributed by atoms with Gasteiger partial charge < -0.3 is 25.1 Å². The Morgan fingerprint density at radius 3 is 2.29 bits per heavy atom. The van der Waals surface area contributed by atoms with Crippen LogP contribution in [0.3, 0.4) is 0 Å². The average molecular weight is 244 g/mol. The molecule has 0 spiro atoms. The predicted molar refractivity (Wildman–Crippen MR) is 58.4 cm³/mol. The van der Waals surface area contributed by atoms with Crippen LogP contribution in [0.5, 0.6) is 0 Å². The van der Waals surface area contributed by atoms with Crippen molar-refractivity contribution in [1.82, 2.24) is 9.80 Å². The number of aliphatic hydroxyl groups excluding tert-OH is 2. The molecule has 1 aliphatic heterocycles. The topological polar surface area (TPSA) is 101 Å². The number of hydrogen-bond acceptors (Lipinski definition) is 4. The van der Waals surface area contributed by atoms with Crippen molar-refractivity contribution >= 4 is 12.0 Å². The smallest absolute Gasteiger partial charge is 0.323 e. The van der Waals surface area contributed by atoms with E-state index in [0.29, 0.717) is 0 Å². The number of likely N-dealkylation sites (tertiary alicyclic amines) is 1. The number of hydrogen-bond donors (Lipinski definition) is 3. The van der Waals surface area contributed by atoms with Crippen LogP contribution in [0.15, 0.2) is 12.7 Å². The zero-order valence-electron chi connectivity index (χ0n) is 9.32. The van der Waals surface area contributed by atoms with E-state index in [1.807, 2.05) is 0 Å². The maximum atomic E-state index is 11.9. The third-order valence-electron chi connectivity index (χ3n) is 2.48. The molecule has 17 heavy (non-hydrogen) atoms. The third kappa shape index (κ3) is 3.43. The zero-order valence-corrected chi connectivity index (χ0v) is 9.32. The van der Waals surface area contributed by atoms with Gasteiger partial charge in [-0.1, -0.05) is 6.08 Å². The molecule has 0 bridgehead atoms. The highest BCUT2D eigenvalue weighted by atomic mass is 16.4. The van der Waals surface area contributed by atoms with Gasteiger partial charge in [0.2, 0.25) is 0 Å². The zero-order chi connectivity index (χ0) is 13.0. The van der Waals surface area contributed by atoms with Gasteiger partial charge >= 0.3 is 12.0 Å². The predicted octanol–water partition coefficient (Wildman–Crippen LogP) is -1.28. The fourth-order valence-corrected chi connectivity index (χ4v) is 1.66. The molecule has 1 fully saturated rings. The van der Waals surface area contributed by atoms with Gasteiger partial charge in [-0.15, -0.1) is 6.58 Å². The van der Waals surface area contributed by atoms with Crippen LogP contribution < -0.4 is 0 Å². The lowest BCUT2D eigenvalue weighted by Gasteiger charge is -2.25. The Labute approximate surface area is 98.6 Å². The van der Waals surface area contributed by atoms with E-state index < -0.39 is 30.8 Å². The number of carbonyl (C=O) groups is 2. The number of amides is 2. The second kappa shape index (κ2) is 5.65. The summed E-state index contributed by atoms with van der Waals surface area (Å²) in [5, 5.41) is 27.3. The molecule has 0 aromatic heterocycles. The number of nitrogens with zero attached hydrogens (tertiary/aromatic N) is 2. The summed E-state index contributed by atoms with van der Waals surface area (Å²) >= 11 is 0. The lowest BCUT2D eigenvalue weighted by atomic mass is 10.3. The maximum absolute atomic E-state index is 11.9. The van der Waals surface area contributed by atoms with Crippen molar-refractivity contribution < 1.29 is 24.9 Å². The summed E-state index contributed by atoms with van der Waals surface area (Å²) in [5.74, 6) is -1.12. The SMILES string of the molecule is C=CCN(CC(=O)O)C(=O)N1CC(O)C(O)C1. The molecular weight excluding hydrogens is 228 g/mol. The molecule has 1 rings (SSSR count). The summed E-state index contributed by atoms with van der Waals surface area (Å²) in [6.07, 6.45) is -0.534. The number of β-amino-alcohol motifs (C(OH)–C–C–N with tert-alkyl or cyclic N) is 2. The van der Waals surface area contributed by atoms with Crippen LogP contribution in [0, 0.1) is 0 Å². The van der Waals surface area contributed by atoms with Gasteiger partial charge in [0.1, 0.15) is 6.54 Å². The molecule has 1 saturated heterocycles. The van der Waals surface area contributed by atoms with Gasteiger partial charge in [0.15, 0.2) is 0 Å². The Hall–Kier alpha value is -1.60. The molecule has 2 unspecified atom stereocenters. The van der Waals surface area contributed by atoms with E-state index in [1.54, 1.807) is 0 Å². The molecule has 0 radical (unpaired) electrons. The van der Waals surface area contributed by atoms with Crippen molar-refractivity contribution in [2.45, 2.75) is 12.2 Å². The maximum Gasteiger partial charge on any atom is 0.323 e. The standard InChI is InChI=1S/C10H16N2O5/c1-2-3-11(6-9(15)16)10(17)12-4-7(13)8(14)5-12/h2,7-8,13-14H,1,3-6H2,(H,15,16). The summed E-state index contributed by atoms with van der Waals surface area (Å²) in [4.78, 5) is 24.8. The van der Waals surface area contributed by atoms with Crippen molar-refractivity contribution in [2.75, 3.05) is 26.2 Å². The molecule has 0 aromatic rings. The number of carboxylic acids is 1. The van der Waals surface area contributed by atoms with Gasteiger partial charge in [-0.3, -0.25) is 4.79 Å². The van der Waals surface area contributed by atoms with Crippen LogP contribution in [0.2, 0.25) is 0 Å². The minimum atomic E-state index is -1.12. The summed E-state index contributed by atoms with van der Waals surface area (Å²) in [5.41, 5.74) is 0. The first-order valence-corrected chi connectivity index (χ1v) is 5.18. The largest absolute Gasteiger partial charge is 0.480 e. The number of rotatable bonds is 4. The number of carbonyl (C=O) groups excluding carboxylic acids is 1. The summed E-state index contributed by atoms with van der Waals surface area (Å²) in [6, 6.07) is -0.525. The Balaban J connectivity index is 2.64. The van der Waals surface area contributed by atoms with Crippen LogP contribution in [0.25, 0.3) is 0 Å². The normalized spacial score (nSPS) is 23.5. The fourth-order valence-electron chi connectivity index (χ4n) is 1.66. The van der Waals surface area contributed by atoms with Crippen LogP contribution in [-0.2, 0) is 4.79 Å². The minimum absolute atomic E-state index is 0.00720. The number of aliphatic carboxylic acids is 1. The molecular formula is C10H16N2O5. The summed E-state index contributed by atoms with van der Waals surface area (Å²) in [7, 11) is 0. The van der Waals surface area contributed by atoms with E-state index in [0.717, 1.165) is 4.90 Å². The van der Waals surface area contributed by atoms with Crippen LogP contribution in [-0.4, -0.2) is 75.5 Å². The molecule has 2 amide bonds. The molecule has 7 nitrogen and oxygen atoms in total. The van der Waals surface area contributed by atoms with Crippen LogP contribution >= 0.6 is 0 Å². The van der Waals surface area contributed by atoms with Crippen molar-refractivity contribution in [2.24, 2.45) is 0 Å². The van der Waals surface area contributed by atoms with E-state index >= 15 is 0 Å². The Morgan fingerprint density at radius 1 is 1.35 bits per heavy atom. The van der Waals surface area contributed by atoms with Gasteiger partial charge in [-0.25, -0.2) is 4.79 Å². The first-order chi connectivity index (χ1) is 7.95. The van der Waals surface area contributed by atoms with E-state index in [9.17, 15) is 19.8 Å². The molecule has 2 atom stereocenters. The van der Waals surface area contributed by atoms with Gasteiger partial charge in [0, 0.05) is 6.54 Å². The Bertz CT molecular complexity index is 310. The van der Waals surface area contributed by atoms with Crippen molar-refractivity contribution in [3.8, 4) is 0 Å². The molecule has 3 N–H and O–H groups in total. The molecule has 0 aliphatic carbocycles. The average Bonchev–Trinajstić information content (AvgIpc) is 2.57. The number of aliphatic hydroxyl groups is 2. The lowest BCUT2D eigenvalue weighted by Crippen LogP contribution is -2.45. The molecule has 7 heteroatoms. The highest BCUT2D eigenvalue weighted by Gasteiger charge is 2.34. The first-order valence-electron chi connectivity index (χ1n) is 5.18. The third-order valence-corrected chi connectivity index (χ3v) is 2.48. The monoisotopic (exact) mass is 244 g/mol. The van der Waals surface area contributed by atoms with E-state index in [2.05, 4.69) is 6.58 Å². The van der Waals surface area contributed by atoms with E-state index in [4.69, 9.17) is 5.11 Å². The molecule has 0 aromatic carbocycles. The summed E-state index contributed by atoms with van der Waals surface area (Å²) in [6.45, 7) is 3.13. The van der Waals surface area contributed by atoms with Crippen molar-refractivity contribution in [3.63, 3.8) is 0 Å². The second-order valence-electron chi connectivity index (χ2n) is 3.89. The van der Waals surface area contributed by atoms with Crippen molar-refractivity contribution in [3.05, 3.63) is 12.7 Å². The summed E-state index contributed by atoms with van der Waals surface area (Å²) < 4.78 is 0. The Kier molecular flexibility index (Phi) is 4.47. The number of urea groups is 1. The molecule has 1 heterocycles. The molecule has 1 aliphatic rings. The molecule has 0 saturated carbocycles. The Morgan fingerprint density at radius 2 is 1.88 bits per heavy atom. The van der Waals surface area contributed by atoms with E-state index in [-0.39, 0.29) is 19.6 Å². The second-order valence-corrected chi connectivity index (χ2v) is 3.89. The van der Waals surface area contributed by atoms with E-state index in [1.165, 1.54) is 11.0 Å². The van der Waals surface area contributed by atoms with Crippen molar-refractivity contribution in [1.29, 1.82) is 0 Å². The van der Waals surface area contributed by atoms with Gasteiger partial charge in [0.05, 0.1) is 25.3 Å². The van der Waals surface area contributed by atoms with Crippen LogP contribution in [0.1, 0.15) is 0 Å². The first kappa shape index (κ1) is 13.5. The minimum Gasteiger partial charge on any atom is -0.480 e. The fraction of sp³-hybridized carbons (Fsp3) is 0.600. The quantitative estimate of drug-likeness (QED) is 0.534. The van der Waals surface area contributed by atoms with Gasteiger partial charge in [-0.05, 0) is 0 Å². The van der Waals surface area contributed by atoms with Gasteiger partial charge in [0.25, 0.3) is 0 Å². The molecule has 96 valence electrons. The van der Waals surface area contributed by atoms with Gasteiger partial charge in [-0.2, -0.15) is 0 Å². The highest BCUT2D eigenvalue weighted by Crippen LogP contribution is 2.12.